The molecule has 0 rings (SSSR count). The zero-order valence-corrected chi connectivity index (χ0v) is 8.55. The van der Waals surface area contributed by atoms with Crippen LogP contribution < -0.4 is 5.32 Å². The summed E-state index contributed by atoms with van der Waals surface area (Å²) in [4.78, 5) is 11.1. The van der Waals surface area contributed by atoms with Crippen molar-refractivity contribution in [3.63, 3.8) is 0 Å². The predicted molar refractivity (Wildman–Crippen MR) is 50.2 cm³/mol. The molecule has 0 fully saturated rings. The van der Waals surface area contributed by atoms with Gasteiger partial charge in [0.1, 0.15) is 5.60 Å². The summed E-state index contributed by atoms with van der Waals surface area (Å²) in [7, 11) is 0. The van der Waals surface area contributed by atoms with Crippen LogP contribution in [0.25, 0.3) is 0 Å². The van der Waals surface area contributed by atoms with Crippen LogP contribution in [0.2, 0.25) is 0 Å². The van der Waals surface area contributed by atoms with Crippen molar-refractivity contribution in [1.82, 2.24) is 5.32 Å². The SMILES string of the molecule is C/C=C(/CO)NC(=O)OC(C)(C)C. The number of amides is 1. The molecule has 0 unspecified atom stereocenters. The molecule has 0 aromatic heterocycles. The lowest BCUT2D eigenvalue weighted by atomic mass is 10.2. The first-order chi connectivity index (χ1) is 5.89. The molecule has 0 aliphatic carbocycles. The van der Waals surface area contributed by atoms with Gasteiger partial charge < -0.3 is 9.84 Å². The Labute approximate surface area is 78.6 Å². The molecule has 0 aromatic rings. The Morgan fingerprint density at radius 2 is 2.08 bits per heavy atom. The number of ether oxygens (including phenoxy) is 1. The molecule has 0 radical (unpaired) electrons. The van der Waals surface area contributed by atoms with Crippen LogP contribution in [0.3, 0.4) is 0 Å². The molecule has 1 amide bonds. The molecule has 0 aliphatic rings. The Hall–Kier alpha value is -1.03. The van der Waals surface area contributed by atoms with Gasteiger partial charge >= 0.3 is 6.09 Å². The van der Waals surface area contributed by atoms with E-state index in [0.29, 0.717) is 5.70 Å². The molecule has 0 heterocycles. The third-order valence-electron chi connectivity index (χ3n) is 1.18. The average molecular weight is 187 g/mol. The molecule has 4 heteroatoms. The smallest absolute Gasteiger partial charge is 0.411 e. The maximum absolute atomic E-state index is 11.1. The first-order valence-electron chi connectivity index (χ1n) is 4.15. The minimum atomic E-state index is -0.547. The molecular weight excluding hydrogens is 170 g/mol. The number of carbonyl (C=O) groups is 1. The summed E-state index contributed by atoms with van der Waals surface area (Å²) in [5.74, 6) is 0. The minimum absolute atomic E-state index is 0.199. The van der Waals surface area contributed by atoms with E-state index in [1.165, 1.54) is 0 Å². The summed E-state index contributed by atoms with van der Waals surface area (Å²) >= 11 is 0. The first-order valence-corrected chi connectivity index (χ1v) is 4.15. The summed E-state index contributed by atoms with van der Waals surface area (Å²) in [6.45, 7) is 6.86. The van der Waals surface area contributed by atoms with Gasteiger partial charge in [0.25, 0.3) is 0 Å². The van der Waals surface area contributed by atoms with E-state index in [4.69, 9.17) is 9.84 Å². The molecule has 0 aromatic carbocycles. The van der Waals surface area contributed by atoms with Gasteiger partial charge in [0.15, 0.2) is 0 Å². The van der Waals surface area contributed by atoms with E-state index in [1.54, 1.807) is 33.8 Å². The molecule has 0 saturated heterocycles. The zero-order chi connectivity index (χ0) is 10.5. The number of rotatable bonds is 2. The van der Waals surface area contributed by atoms with Crippen molar-refractivity contribution in [2.75, 3.05) is 6.61 Å². The number of carbonyl (C=O) groups excluding carboxylic acids is 1. The number of nitrogens with one attached hydrogen (secondary N) is 1. The standard InChI is InChI=1S/C9H17NO3/c1-5-7(6-11)10-8(12)13-9(2,3)4/h5,11H,6H2,1-4H3,(H,10,12)/b7-5-. The topological polar surface area (TPSA) is 58.6 Å². The van der Waals surface area contributed by atoms with Gasteiger partial charge in [-0.2, -0.15) is 0 Å². The highest BCUT2D eigenvalue weighted by molar-refractivity contribution is 5.69. The largest absolute Gasteiger partial charge is 0.444 e. The number of aliphatic hydroxyl groups is 1. The van der Waals surface area contributed by atoms with Crippen LogP contribution in [0, 0.1) is 0 Å². The predicted octanol–water partition coefficient (Wildman–Crippen LogP) is 1.41. The number of hydrogen-bond donors (Lipinski definition) is 2. The Balaban J connectivity index is 4.02. The number of allylic oxidation sites excluding steroid dienone is 1. The third kappa shape index (κ3) is 6.16. The summed E-state index contributed by atoms with van der Waals surface area (Å²) in [6.07, 6.45) is 1.07. The van der Waals surface area contributed by atoms with Gasteiger partial charge in [-0.25, -0.2) is 4.79 Å². The Bertz CT molecular complexity index is 203. The minimum Gasteiger partial charge on any atom is -0.444 e. The van der Waals surface area contributed by atoms with E-state index < -0.39 is 11.7 Å². The van der Waals surface area contributed by atoms with Crippen molar-refractivity contribution in [3.8, 4) is 0 Å². The molecular formula is C9H17NO3. The molecule has 0 saturated carbocycles. The van der Waals surface area contributed by atoms with Gasteiger partial charge in [0.05, 0.1) is 6.61 Å². The zero-order valence-electron chi connectivity index (χ0n) is 8.55. The Morgan fingerprint density at radius 1 is 1.54 bits per heavy atom. The average Bonchev–Trinajstić information content (AvgIpc) is 1.96. The van der Waals surface area contributed by atoms with Crippen molar-refractivity contribution >= 4 is 6.09 Å². The number of aliphatic hydroxyl groups excluding tert-OH is 1. The summed E-state index contributed by atoms with van der Waals surface area (Å²) in [5, 5.41) is 11.2. The monoisotopic (exact) mass is 187 g/mol. The third-order valence-corrected chi connectivity index (χ3v) is 1.18. The van der Waals surface area contributed by atoms with Gasteiger partial charge in [0.2, 0.25) is 0 Å². The van der Waals surface area contributed by atoms with Crippen LogP contribution in [-0.2, 0) is 4.74 Å². The van der Waals surface area contributed by atoms with Crippen molar-refractivity contribution in [1.29, 1.82) is 0 Å². The molecule has 0 spiro atoms. The van der Waals surface area contributed by atoms with Gasteiger partial charge in [-0.1, -0.05) is 6.08 Å². The summed E-state index contributed by atoms with van der Waals surface area (Å²) < 4.78 is 4.97. The maximum atomic E-state index is 11.1. The van der Waals surface area contributed by atoms with E-state index >= 15 is 0 Å². The maximum Gasteiger partial charge on any atom is 0.411 e. The number of alkyl carbamates (subject to hydrolysis) is 1. The fourth-order valence-corrected chi connectivity index (χ4v) is 0.638. The molecule has 0 aliphatic heterocycles. The van der Waals surface area contributed by atoms with E-state index in [2.05, 4.69) is 5.32 Å². The van der Waals surface area contributed by atoms with Crippen LogP contribution in [-0.4, -0.2) is 23.4 Å². The highest BCUT2D eigenvalue weighted by Gasteiger charge is 2.16. The lowest BCUT2D eigenvalue weighted by Gasteiger charge is -2.20. The normalized spacial score (nSPS) is 12.5. The van der Waals surface area contributed by atoms with Gasteiger partial charge in [-0.05, 0) is 27.7 Å². The first kappa shape index (κ1) is 12.0. The molecule has 76 valence electrons. The molecule has 2 N–H and O–H groups in total. The van der Waals surface area contributed by atoms with E-state index in [-0.39, 0.29) is 6.61 Å². The molecule has 0 atom stereocenters. The van der Waals surface area contributed by atoms with Crippen molar-refractivity contribution in [2.45, 2.75) is 33.3 Å². The Kier molecular flexibility index (Phi) is 4.48. The lowest BCUT2D eigenvalue weighted by molar-refractivity contribution is 0.0539. The molecule has 4 nitrogen and oxygen atoms in total. The van der Waals surface area contributed by atoms with E-state index in [0.717, 1.165) is 0 Å². The highest BCUT2D eigenvalue weighted by atomic mass is 16.6. The summed E-state index contributed by atoms with van der Waals surface area (Å²) in [6, 6.07) is 0. The van der Waals surface area contributed by atoms with Gasteiger partial charge in [0, 0.05) is 5.70 Å². The highest BCUT2D eigenvalue weighted by Crippen LogP contribution is 2.06. The quantitative estimate of drug-likeness (QED) is 0.687. The van der Waals surface area contributed by atoms with Crippen LogP contribution >= 0.6 is 0 Å². The van der Waals surface area contributed by atoms with E-state index in [9.17, 15) is 4.79 Å². The van der Waals surface area contributed by atoms with Gasteiger partial charge in [-0.15, -0.1) is 0 Å². The van der Waals surface area contributed by atoms with Crippen molar-refractivity contribution in [2.24, 2.45) is 0 Å². The van der Waals surface area contributed by atoms with Crippen LogP contribution in [0.15, 0.2) is 11.8 Å². The van der Waals surface area contributed by atoms with Crippen LogP contribution in [0.4, 0.5) is 4.79 Å². The Morgan fingerprint density at radius 3 is 2.38 bits per heavy atom. The van der Waals surface area contributed by atoms with E-state index in [1.807, 2.05) is 0 Å². The second-order valence-corrected chi connectivity index (χ2v) is 3.60. The van der Waals surface area contributed by atoms with Crippen LogP contribution in [0.1, 0.15) is 27.7 Å². The molecule has 13 heavy (non-hydrogen) atoms. The number of hydrogen-bond acceptors (Lipinski definition) is 3. The second-order valence-electron chi connectivity index (χ2n) is 3.60. The fraction of sp³-hybridized carbons (Fsp3) is 0.667. The lowest BCUT2D eigenvalue weighted by Crippen LogP contribution is -2.32. The van der Waals surface area contributed by atoms with Crippen molar-refractivity contribution < 1.29 is 14.6 Å². The fourth-order valence-electron chi connectivity index (χ4n) is 0.638. The molecule has 0 bridgehead atoms. The van der Waals surface area contributed by atoms with Gasteiger partial charge in [-0.3, -0.25) is 5.32 Å². The van der Waals surface area contributed by atoms with Crippen LogP contribution in [0.5, 0.6) is 0 Å². The summed E-state index contributed by atoms with van der Waals surface area (Å²) in [5.41, 5.74) is -0.0764. The second kappa shape index (κ2) is 4.87. The van der Waals surface area contributed by atoms with Crippen molar-refractivity contribution in [3.05, 3.63) is 11.8 Å².